The molecule has 5 heteroatoms. The van der Waals surface area contributed by atoms with Gasteiger partial charge in [-0.1, -0.05) is 6.92 Å². The molecular weight excluding hydrogens is 222 g/mol. The first kappa shape index (κ1) is 13.5. The summed E-state index contributed by atoms with van der Waals surface area (Å²) in [5.74, 6) is 0. The summed E-state index contributed by atoms with van der Waals surface area (Å²) < 4.78 is 5.01. The van der Waals surface area contributed by atoms with Crippen LogP contribution in [0.4, 0.5) is 0 Å². The number of aromatic nitrogens is 2. The maximum Gasteiger partial charge on any atom is 0.117 e. The van der Waals surface area contributed by atoms with Crippen LogP contribution in [0.25, 0.3) is 0 Å². The number of rotatable bonds is 9. The quantitative estimate of drug-likeness (QED) is 0.670. The zero-order valence-corrected chi connectivity index (χ0v) is 11.0. The molecule has 16 heavy (non-hydrogen) atoms. The highest BCUT2D eigenvalue weighted by Gasteiger charge is 2.03. The van der Waals surface area contributed by atoms with Crippen molar-refractivity contribution >= 4 is 11.3 Å². The van der Waals surface area contributed by atoms with Crippen molar-refractivity contribution in [2.45, 2.75) is 32.6 Å². The van der Waals surface area contributed by atoms with Gasteiger partial charge in [-0.05, 0) is 25.9 Å². The van der Waals surface area contributed by atoms with E-state index in [4.69, 9.17) is 4.74 Å². The molecule has 0 atom stereocenters. The van der Waals surface area contributed by atoms with Crippen LogP contribution < -0.4 is 5.32 Å². The molecule has 0 saturated heterocycles. The molecule has 0 aliphatic rings. The van der Waals surface area contributed by atoms with Crippen LogP contribution in [0.15, 0.2) is 0 Å². The summed E-state index contributed by atoms with van der Waals surface area (Å²) in [4.78, 5) is 0. The van der Waals surface area contributed by atoms with Crippen molar-refractivity contribution in [3.63, 3.8) is 0 Å². The first-order valence-corrected chi connectivity index (χ1v) is 6.69. The largest absolute Gasteiger partial charge is 0.385 e. The van der Waals surface area contributed by atoms with Crippen molar-refractivity contribution in [3.8, 4) is 0 Å². The minimum Gasteiger partial charge on any atom is -0.385 e. The smallest absolute Gasteiger partial charge is 0.117 e. The number of ether oxygens (including phenoxy) is 1. The van der Waals surface area contributed by atoms with Gasteiger partial charge in [0.15, 0.2) is 0 Å². The molecule has 0 unspecified atom stereocenters. The van der Waals surface area contributed by atoms with Gasteiger partial charge in [0.05, 0.1) is 0 Å². The Labute approximate surface area is 101 Å². The summed E-state index contributed by atoms with van der Waals surface area (Å²) in [7, 11) is 1.73. The Morgan fingerprint density at radius 3 is 2.50 bits per heavy atom. The van der Waals surface area contributed by atoms with Gasteiger partial charge < -0.3 is 10.1 Å². The number of aryl methyl sites for hydroxylation is 2. The van der Waals surface area contributed by atoms with Crippen LogP contribution in [0.3, 0.4) is 0 Å². The van der Waals surface area contributed by atoms with Gasteiger partial charge in [0.2, 0.25) is 0 Å². The van der Waals surface area contributed by atoms with E-state index in [0.29, 0.717) is 0 Å². The molecule has 4 nitrogen and oxygen atoms in total. The summed E-state index contributed by atoms with van der Waals surface area (Å²) in [6.07, 6.45) is 4.19. The SMILES string of the molecule is CCNCCCc1nnc(CCCOC)s1. The van der Waals surface area contributed by atoms with E-state index in [1.54, 1.807) is 18.4 Å². The standard InChI is InChI=1S/C11H21N3OS/c1-3-12-8-4-6-10-13-14-11(16-10)7-5-9-15-2/h12H,3-9H2,1-2H3. The predicted octanol–water partition coefficient (Wildman–Crippen LogP) is 1.66. The van der Waals surface area contributed by atoms with E-state index in [9.17, 15) is 0 Å². The summed E-state index contributed by atoms with van der Waals surface area (Å²) in [6, 6.07) is 0. The molecule has 1 aromatic heterocycles. The molecule has 0 saturated carbocycles. The third kappa shape index (κ3) is 5.53. The Balaban J connectivity index is 2.17. The minimum atomic E-state index is 0.801. The molecule has 0 fully saturated rings. The zero-order chi connectivity index (χ0) is 11.6. The van der Waals surface area contributed by atoms with Gasteiger partial charge in [-0.3, -0.25) is 0 Å². The summed E-state index contributed by atoms with van der Waals surface area (Å²) in [5, 5.41) is 14.0. The third-order valence-corrected chi connectivity index (χ3v) is 3.28. The average molecular weight is 243 g/mol. The lowest BCUT2D eigenvalue weighted by molar-refractivity contribution is 0.195. The molecule has 0 aromatic carbocycles. The monoisotopic (exact) mass is 243 g/mol. The number of nitrogens with one attached hydrogen (secondary N) is 1. The van der Waals surface area contributed by atoms with Gasteiger partial charge in [-0.15, -0.1) is 21.5 Å². The lowest BCUT2D eigenvalue weighted by Crippen LogP contribution is -2.14. The Morgan fingerprint density at radius 2 is 1.88 bits per heavy atom. The van der Waals surface area contributed by atoms with Crippen molar-refractivity contribution in [2.75, 3.05) is 26.8 Å². The molecule has 0 amide bonds. The van der Waals surface area contributed by atoms with Crippen molar-refractivity contribution in [1.29, 1.82) is 0 Å². The molecule has 0 spiro atoms. The van der Waals surface area contributed by atoms with Crippen LogP contribution in [0.2, 0.25) is 0 Å². The Morgan fingerprint density at radius 1 is 1.19 bits per heavy atom. The molecular formula is C11H21N3OS. The molecule has 0 aliphatic carbocycles. The van der Waals surface area contributed by atoms with Crippen LogP contribution in [-0.2, 0) is 17.6 Å². The van der Waals surface area contributed by atoms with Gasteiger partial charge >= 0.3 is 0 Å². The van der Waals surface area contributed by atoms with Gasteiger partial charge in [0.25, 0.3) is 0 Å². The maximum atomic E-state index is 5.01. The predicted molar refractivity (Wildman–Crippen MR) is 67.0 cm³/mol. The Kier molecular flexibility index (Phi) is 7.29. The lowest BCUT2D eigenvalue weighted by atomic mass is 10.3. The Hall–Kier alpha value is -0.520. The first-order chi connectivity index (χ1) is 7.86. The van der Waals surface area contributed by atoms with Crippen LogP contribution in [0.5, 0.6) is 0 Å². The molecule has 0 bridgehead atoms. The molecule has 0 radical (unpaired) electrons. The second-order valence-electron chi connectivity index (χ2n) is 3.64. The van der Waals surface area contributed by atoms with E-state index in [0.717, 1.165) is 55.4 Å². The number of nitrogens with zero attached hydrogens (tertiary/aromatic N) is 2. The molecule has 1 heterocycles. The molecule has 1 rings (SSSR count). The maximum absolute atomic E-state index is 5.01. The summed E-state index contributed by atoms with van der Waals surface area (Å²) in [6.45, 7) is 5.03. The number of hydrogen-bond donors (Lipinski definition) is 1. The van der Waals surface area contributed by atoms with Crippen molar-refractivity contribution in [1.82, 2.24) is 15.5 Å². The van der Waals surface area contributed by atoms with Crippen molar-refractivity contribution in [2.24, 2.45) is 0 Å². The van der Waals surface area contributed by atoms with E-state index < -0.39 is 0 Å². The minimum absolute atomic E-state index is 0.801. The van der Waals surface area contributed by atoms with Crippen LogP contribution in [-0.4, -0.2) is 37.0 Å². The molecule has 1 aromatic rings. The van der Waals surface area contributed by atoms with E-state index in [1.807, 2.05) is 0 Å². The summed E-state index contributed by atoms with van der Waals surface area (Å²) >= 11 is 1.74. The van der Waals surface area contributed by atoms with Gasteiger partial charge in [0.1, 0.15) is 10.0 Å². The van der Waals surface area contributed by atoms with E-state index in [1.165, 1.54) is 0 Å². The highest BCUT2D eigenvalue weighted by Crippen LogP contribution is 2.13. The molecule has 92 valence electrons. The van der Waals surface area contributed by atoms with Crippen molar-refractivity contribution < 1.29 is 4.74 Å². The Bertz CT molecular complexity index is 278. The fourth-order valence-corrected chi connectivity index (χ4v) is 2.33. The van der Waals surface area contributed by atoms with Gasteiger partial charge in [-0.2, -0.15) is 0 Å². The first-order valence-electron chi connectivity index (χ1n) is 5.87. The second-order valence-corrected chi connectivity index (χ2v) is 4.79. The van der Waals surface area contributed by atoms with E-state index in [2.05, 4.69) is 22.4 Å². The number of hydrogen-bond acceptors (Lipinski definition) is 5. The zero-order valence-electron chi connectivity index (χ0n) is 10.2. The van der Waals surface area contributed by atoms with E-state index in [-0.39, 0.29) is 0 Å². The highest BCUT2D eigenvalue weighted by atomic mass is 32.1. The fourth-order valence-electron chi connectivity index (χ4n) is 1.40. The van der Waals surface area contributed by atoms with Gasteiger partial charge in [0, 0.05) is 26.6 Å². The number of methoxy groups -OCH3 is 1. The van der Waals surface area contributed by atoms with Crippen LogP contribution in [0.1, 0.15) is 29.8 Å². The van der Waals surface area contributed by atoms with E-state index >= 15 is 0 Å². The van der Waals surface area contributed by atoms with Crippen LogP contribution >= 0.6 is 11.3 Å². The molecule has 1 N–H and O–H groups in total. The van der Waals surface area contributed by atoms with Crippen molar-refractivity contribution in [3.05, 3.63) is 10.0 Å². The topological polar surface area (TPSA) is 47.0 Å². The second kappa shape index (κ2) is 8.61. The normalized spacial score (nSPS) is 10.9. The van der Waals surface area contributed by atoms with Crippen LogP contribution in [0, 0.1) is 0 Å². The average Bonchev–Trinajstić information content (AvgIpc) is 2.73. The lowest BCUT2D eigenvalue weighted by Gasteiger charge is -1.97. The summed E-state index contributed by atoms with van der Waals surface area (Å²) in [5.41, 5.74) is 0. The third-order valence-electron chi connectivity index (χ3n) is 2.24. The van der Waals surface area contributed by atoms with Gasteiger partial charge in [-0.25, -0.2) is 0 Å². The molecule has 0 aliphatic heterocycles. The highest BCUT2D eigenvalue weighted by molar-refractivity contribution is 7.11. The fraction of sp³-hybridized carbons (Fsp3) is 0.818.